The van der Waals surface area contributed by atoms with Gasteiger partial charge in [-0.05, 0) is 55.7 Å². The van der Waals surface area contributed by atoms with Crippen LogP contribution in [0.15, 0.2) is 40.9 Å². The van der Waals surface area contributed by atoms with Crippen LogP contribution in [-0.4, -0.2) is 34.0 Å². The van der Waals surface area contributed by atoms with Crippen molar-refractivity contribution in [3.05, 3.63) is 70.8 Å². The van der Waals surface area contributed by atoms with Crippen LogP contribution in [-0.2, 0) is 0 Å². The van der Waals surface area contributed by atoms with E-state index in [0.717, 1.165) is 25.0 Å². The fourth-order valence-corrected chi connectivity index (χ4v) is 3.58. The smallest absolute Gasteiger partial charge is 0.260 e. The zero-order valence-corrected chi connectivity index (χ0v) is 15.7. The summed E-state index contributed by atoms with van der Waals surface area (Å²) in [5.74, 6) is -1.87. The summed E-state index contributed by atoms with van der Waals surface area (Å²) in [5.41, 5.74) is 1.05. The van der Waals surface area contributed by atoms with Gasteiger partial charge in [0.05, 0.1) is 5.56 Å². The molecule has 0 saturated carbocycles. The molecule has 4 rings (SSSR count). The normalized spacial score (nSPS) is 16.8. The van der Waals surface area contributed by atoms with Crippen molar-refractivity contribution in [3.63, 3.8) is 0 Å². The molecular formula is C21H18F3N3O2. The van der Waals surface area contributed by atoms with E-state index in [-0.39, 0.29) is 29.1 Å². The van der Waals surface area contributed by atoms with Crippen LogP contribution in [0.5, 0.6) is 0 Å². The van der Waals surface area contributed by atoms with Crippen LogP contribution >= 0.6 is 0 Å². The highest BCUT2D eigenvalue weighted by atomic mass is 19.1. The zero-order valence-electron chi connectivity index (χ0n) is 15.7. The van der Waals surface area contributed by atoms with Gasteiger partial charge in [-0.15, -0.1) is 0 Å². The van der Waals surface area contributed by atoms with E-state index in [0.29, 0.717) is 30.0 Å². The summed E-state index contributed by atoms with van der Waals surface area (Å²) in [6.07, 6.45) is 1.49. The summed E-state index contributed by atoms with van der Waals surface area (Å²) in [7, 11) is 0. The molecule has 5 nitrogen and oxygen atoms in total. The van der Waals surface area contributed by atoms with Gasteiger partial charge in [0.25, 0.3) is 11.8 Å². The number of hydrogen-bond acceptors (Lipinski definition) is 4. The molecule has 0 bridgehead atoms. The number of halogens is 3. The number of carbonyl (C=O) groups is 1. The lowest BCUT2D eigenvalue weighted by Gasteiger charge is -2.31. The zero-order chi connectivity index (χ0) is 20.5. The molecular weight excluding hydrogens is 383 g/mol. The Balaban J connectivity index is 1.53. The lowest BCUT2D eigenvalue weighted by atomic mass is 9.96. The number of nitrogens with zero attached hydrogens (tertiary/aromatic N) is 3. The predicted octanol–water partition coefficient (Wildman–Crippen LogP) is 4.48. The van der Waals surface area contributed by atoms with E-state index < -0.39 is 11.6 Å². The van der Waals surface area contributed by atoms with Gasteiger partial charge >= 0.3 is 0 Å². The Morgan fingerprint density at radius 2 is 1.90 bits per heavy atom. The van der Waals surface area contributed by atoms with E-state index in [1.54, 1.807) is 11.8 Å². The first kappa shape index (κ1) is 19.2. The van der Waals surface area contributed by atoms with E-state index in [1.807, 2.05) is 0 Å². The van der Waals surface area contributed by atoms with E-state index >= 15 is 0 Å². The summed E-state index contributed by atoms with van der Waals surface area (Å²) < 4.78 is 45.6. The molecule has 29 heavy (non-hydrogen) atoms. The monoisotopic (exact) mass is 401 g/mol. The fourth-order valence-electron chi connectivity index (χ4n) is 3.58. The second kappa shape index (κ2) is 7.69. The van der Waals surface area contributed by atoms with Gasteiger partial charge in [-0.25, -0.2) is 13.2 Å². The summed E-state index contributed by atoms with van der Waals surface area (Å²) in [4.78, 5) is 18.8. The largest absolute Gasteiger partial charge is 0.338 e. The highest BCUT2D eigenvalue weighted by Crippen LogP contribution is 2.29. The Kier molecular flexibility index (Phi) is 5.08. The summed E-state index contributed by atoms with van der Waals surface area (Å²) in [5, 5.41) is 3.94. The Morgan fingerprint density at radius 3 is 2.66 bits per heavy atom. The summed E-state index contributed by atoms with van der Waals surface area (Å²) >= 11 is 0. The van der Waals surface area contributed by atoms with Crippen molar-refractivity contribution in [2.75, 3.05) is 13.1 Å². The highest BCUT2D eigenvalue weighted by Gasteiger charge is 2.29. The molecule has 1 fully saturated rings. The molecule has 2 aromatic carbocycles. The van der Waals surface area contributed by atoms with Crippen LogP contribution in [0.2, 0.25) is 0 Å². The molecule has 1 atom stereocenters. The lowest BCUT2D eigenvalue weighted by Crippen LogP contribution is -2.39. The third-order valence-corrected chi connectivity index (χ3v) is 5.10. The number of piperidine rings is 1. The number of benzene rings is 2. The van der Waals surface area contributed by atoms with Crippen LogP contribution in [0.3, 0.4) is 0 Å². The first-order valence-electron chi connectivity index (χ1n) is 9.27. The maximum absolute atomic E-state index is 14.0. The number of hydrogen-bond donors (Lipinski definition) is 0. The summed E-state index contributed by atoms with van der Waals surface area (Å²) in [6.45, 7) is 2.64. The van der Waals surface area contributed by atoms with Crippen molar-refractivity contribution in [2.45, 2.75) is 25.7 Å². The molecule has 1 saturated heterocycles. The number of aryl methyl sites for hydroxylation is 1. The topological polar surface area (TPSA) is 59.2 Å². The molecule has 3 aromatic rings. The second-order valence-corrected chi connectivity index (χ2v) is 7.13. The van der Waals surface area contributed by atoms with Gasteiger partial charge in [0.15, 0.2) is 5.82 Å². The van der Waals surface area contributed by atoms with Crippen LogP contribution in [0.4, 0.5) is 13.2 Å². The number of aromatic nitrogens is 2. The average Bonchev–Trinajstić information content (AvgIpc) is 3.17. The predicted molar refractivity (Wildman–Crippen MR) is 98.7 cm³/mol. The highest BCUT2D eigenvalue weighted by molar-refractivity contribution is 5.95. The van der Waals surface area contributed by atoms with Crippen molar-refractivity contribution in [1.82, 2.24) is 15.0 Å². The van der Waals surface area contributed by atoms with Gasteiger partial charge in [-0.3, -0.25) is 4.79 Å². The third-order valence-electron chi connectivity index (χ3n) is 5.10. The minimum atomic E-state index is -0.785. The van der Waals surface area contributed by atoms with Gasteiger partial charge in [0.1, 0.15) is 17.5 Å². The van der Waals surface area contributed by atoms with Crippen molar-refractivity contribution in [1.29, 1.82) is 0 Å². The standard InChI is InChI=1S/C21H18F3N3O2/c1-12-9-14(22)4-6-16(12)21(28)27-8-2-3-13(11-27)19-25-20(29-26-19)17-7-5-15(23)10-18(17)24/h4-7,9-10,13H,2-3,8,11H2,1H3. The van der Waals surface area contributed by atoms with E-state index in [1.165, 1.54) is 24.3 Å². The molecule has 0 radical (unpaired) electrons. The van der Waals surface area contributed by atoms with Gasteiger partial charge in [-0.1, -0.05) is 5.16 Å². The quantitative estimate of drug-likeness (QED) is 0.649. The molecule has 0 N–H and O–H groups in total. The molecule has 1 aromatic heterocycles. The van der Waals surface area contributed by atoms with Crippen LogP contribution in [0.1, 0.15) is 40.5 Å². The number of amides is 1. The van der Waals surface area contributed by atoms with Gasteiger partial charge in [0.2, 0.25) is 0 Å². The van der Waals surface area contributed by atoms with Crippen molar-refractivity contribution >= 4 is 5.91 Å². The maximum atomic E-state index is 14.0. The maximum Gasteiger partial charge on any atom is 0.260 e. The lowest BCUT2D eigenvalue weighted by molar-refractivity contribution is 0.0703. The number of rotatable bonds is 3. The minimum Gasteiger partial charge on any atom is -0.338 e. The SMILES string of the molecule is Cc1cc(F)ccc1C(=O)N1CCCC(c2noc(-c3ccc(F)cc3F)n2)C1. The first-order valence-corrected chi connectivity index (χ1v) is 9.27. The molecule has 1 unspecified atom stereocenters. The van der Waals surface area contributed by atoms with E-state index in [2.05, 4.69) is 10.1 Å². The molecule has 1 aliphatic heterocycles. The van der Waals surface area contributed by atoms with Crippen molar-refractivity contribution in [3.8, 4) is 11.5 Å². The number of carbonyl (C=O) groups excluding carboxylic acids is 1. The molecule has 8 heteroatoms. The Morgan fingerprint density at radius 1 is 1.14 bits per heavy atom. The minimum absolute atomic E-state index is 0.0239. The molecule has 1 aliphatic rings. The van der Waals surface area contributed by atoms with Crippen molar-refractivity contribution in [2.24, 2.45) is 0 Å². The third kappa shape index (κ3) is 3.87. The molecule has 0 spiro atoms. The van der Waals surface area contributed by atoms with Crippen LogP contribution < -0.4 is 0 Å². The first-order chi connectivity index (χ1) is 13.9. The Labute approximate surface area is 165 Å². The Hall–Kier alpha value is -3.16. The fraction of sp³-hybridized carbons (Fsp3) is 0.286. The van der Waals surface area contributed by atoms with E-state index in [4.69, 9.17) is 4.52 Å². The second-order valence-electron chi connectivity index (χ2n) is 7.13. The van der Waals surface area contributed by atoms with Crippen LogP contribution in [0.25, 0.3) is 11.5 Å². The van der Waals surface area contributed by atoms with Gasteiger partial charge < -0.3 is 9.42 Å². The van der Waals surface area contributed by atoms with E-state index in [9.17, 15) is 18.0 Å². The van der Waals surface area contributed by atoms with Crippen molar-refractivity contribution < 1.29 is 22.5 Å². The number of likely N-dealkylation sites (tertiary alicyclic amines) is 1. The van der Waals surface area contributed by atoms with Crippen LogP contribution in [0, 0.1) is 24.4 Å². The molecule has 1 amide bonds. The Bertz CT molecular complexity index is 1070. The van der Waals surface area contributed by atoms with Gasteiger partial charge in [-0.2, -0.15) is 4.98 Å². The van der Waals surface area contributed by atoms with Gasteiger partial charge in [0, 0.05) is 30.6 Å². The molecule has 150 valence electrons. The molecule has 0 aliphatic carbocycles. The molecule has 2 heterocycles. The average molecular weight is 401 g/mol. The summed E-state index contributed by atoms with van der Waals surface area (Å²) in [6, 6.07) is 7.21.